The van der Waals surface area contributed by atoms with Gasteiger partial charge in [-0.2, -0.15) is 0 Å². The molecule has 0 aromatic heterocycles. The van der Waals surface area contributed by atoms with Gasteiger partial charge in [0.15, 0.2) is 0 Å². The number of hydrogen-bond donors (Lipinski definition) is 1. The Hall–Kier alpha value is -0.570. The van der Waals surface area contributed by atoms with Gasteiger partial charge in [-0.15, -0.1) is 0 Å². The normalized spacial score (nSPS) is 15.3. The number of ether oxygens (including phenoxy) is 1. The summed E-state index contributed by atoms with van der Waals surface area (Å²) in [5.41, 5.74) is 0. The fraction of sp³-hybridized carbons (Fsp3) is 0.909. The lowest BCUT2D eigenvalue weighted by Gasteiger charge is -2.21. The number of carbonyl (C=O) groups excluding carboxylic acids is 1. The topological polar surface area (TPSA) is 38.3 Å². The average molecular weight is 201 g/mol. The molecule has 0 saturated heterocycles. The molecule has 1 N–H and O–H groups in total. The summed E-state index contributed by atoms with van der Waals surface area (Å²) in [6, 6.07) is 0.202. The minimum absolute atomic E-state index is 0.154. The van der Waals surface area contributed by atoms with Crippen LogP contribution in [0.1, 0.15) is 40.5 Å². The maximum Gasteiger partial charge on any atom is 0.322 e. The van der Waals surface area contributed by atoms with E-state index in [0.717, 1.165) is 12.8 Å². The van der Waals surface area contributed by atoms with E-state index in [1.54, 1.807) is 0 Å². The van der Waals surface area contributed by atoms with Crippen molar-refractivity contribution in [1.82, 2.24) is 5.32 Å². The Kier molecular flexibility index (Phi) is 6.54. The highest BCUT2D eigenvalue weighted by molar-refractivity contribution is 5.75. The lowest BCUT2D eigenvalue weighted by Crippen LogP contribution is -2.43. The lowest BCUT2D eigenvalue weighted by atomic mass is 10.0. The molecule has 84 valence electrons. The monoisotopic (exact) mass is 201 g/mol. The van der Waals surface area contributed by atoms with Gasteiger partial charge in [-0.3, -0.25) is 4.79 Å². The van der Waals surface area contributed by atoms with Crippen molar-refractivity contribution < 1.29 is 9.53 Å². The Morgan fingerprint density at radius 1 is 1.36 bits per heavy atom. The van der Waals surface area contributed by atoms with Crippen molar-refractivity contribution in [1.29, 1.82) is 0 Å². The van der Waals surface area contributed by atoms with Crippen molar-refractivity contribution in [2.45, 2.75) is 52.6 Å². The molecular weight excluding hydrogens is 178 g/mol. The Labute approximate surface area is 87.2 Å². The van der Waals surface area contributed by atoms with Crippen LogP contribution in [-0.4, -0.2) is 25.2 Å². The van der Waals surface area contributed by atoms with Crippen LogP contribution < -0.4 is 5.32 Å². The molecular formula is C11H23NO2. The minimum atomic E-state index is -0.157. The van der Waals surface area contributed by atoms with Crippen LogP contribution in [0.3, 0.4) is 0 Å². The van der Waals surface area contributed by atoms with Crippen molar-refractivity contribution in [3.05, 3.63) is 0 Å². The standard InChI is InChI=1S/C11H23NO2/c1-6-9(4)12-10(7-8(2)3)11(13)14-5/h8-10,12H,6-7H2,1-5H3/t9?,10-/m1/s1. The first-order chi connectivity index (χ1) is 6.51. The zero-order valence-electron chi connectivity index (χ0n) is 9.96. The SMILES string of the molecule is CCC(C)N[C@H](CC(C)C)C(=O)OC. The van der Waals surface area contributed by atoms with Crippen LogP contribution >= 0.6 is 0 Å². The molecule has 0 aliphatic rings. The second-order valence-electron chi connectivity index (χ2n) is 4.18. The second kappa shape index (κ2) is 6.82. The molecule has 0 aromatic rings. The van der Waals surface area contributed by atoms with E-state index < -0.39 is 0 Å². The highest BCUT2D eigenvalue weighted by Crippen LogP contribution is 2.07. The molecule has 0 bridgehead atoms. The molecule has 3 nitrogen and oxygen atoms in total. The van der Waals surface area contributed by atoms with E-state index in [9.17, 15) is 4.79 Å². The molecule has 0 saturated carbocycles. The molecule has 2 atom stereocenters. The molecule has 0 fully saturated rings. The number of rotatable bonds is 6. The van der Waals surface area contributed by atoms with E-state index in [2.05, 4.69) is 33.0 Å². The summed E-state index contributed by atoms with van der Waals surface area (Å²) < 4.78 is 4.76. The second-order valence-corrected chi connectivity index (χ2v) is 4.18. The van der Waals surface area contributed by atoms with Crippen LogP contribution in [0, 0.1) is 5.92 Å². The first kappa shape index (κ1) is 13.4. The van der Waals surface area contributed by atoms with Crippen LogP contribution in [0.25, 0.3) is 0 Å². The largest absolute Gasteiger partial charge is 0.468 e. The van der Waals surface area contributed by atoms with E-state index in [1.165, 1.54) is 7.11 Å². The third-order valence-corrected chi connectivity index (χ3v) is 2.29. The van der Waals surface area contributed by atoms with Gasteiger partial charge in [0.1, 0.15) is 6.04 Å². The molecule has 0 spiro atoms. The fourth-order valence-corrected chi connectivity index (χ4v) is 1.31. The molecule has 1 unspecified atom stereocenters. The summed E-state index contributed by atoms with van der Waals surface area (Å²) in [4.78, 5) is 11.4. The molecule has 0 aliphatic heterocycles. The minimum Gasteiger partial charge on any atom is -0.468 e. The fourth-order valence-electron chi connectivity index (χ4n) is 1.31. The quantitative estimate of drug-likeness (QED) is 0.668. The van der Waals surface area contributed by atoms with Gasteiger partial charge in [0.25, 0.3) is 0 Å². The zero-order chi connectivity index (χ0) is 11.1. The Bertz CT molecular complexity index is 169. The van der Waals surface area contributed by atoms with Gasteiger partial charge in [-0.1, -0.05) is 20.8 Å². The molecule has 0 radical (unpaired) electrons. The summed E-state index contributed by atoms with van der Waals surface area (Å²) in [5.74, 6) is 0.342. The third-order valence-electron chi connectivity index (χ3n) is 2.29. The number of methoxy groups -OCH3 is 1. The maximum atomic E-state index is 11.4. The van der Waals surface area contributed by atoms with E-state index in [4.69, 9.17) is 4.74 Å². The first-order valence-electron chi connectivity index (χ1n) is 5.35. The third kappa shape index (κ3) is 5.22. The zero-order valence-corrected chi connectivity index (χ0v) is 9.96. The van der Waals surface area contributed by atoms with Gasteiger partial charge in [0.2, 0.25) is 0 Å². The summed E-state index contributed by atoms with van der Waals surface area (Å²) in [5, 5.41) is 3.27. The molecule has 0 heterocycles. The van der Waals surface area contributed by atoms with Crippen LogP contribution in [-0.2, 0) is 9.53 Å². The predicted molar refractivity (Wildman–Crippen MR) is 58.1 cm³/mol. The molecule has 3 heteroatoms. The molecule has 0 amide bonds. The number of hydrogen-bond acceptors (Lipinski definition) is 3. The molecule has 0 aliphatic carbocycles. The van der Waals surface area contributed by atoms with E-state index in [-0.39, 0.29) is 12.0 Å². The average Bonchev–Trinajstić information content (AvgIpc) is 2.14. The van der Waals surface area contributed by atoms with Gasteiger partial charge in [-0.05, 0) is 25.7 Å². The lowest BCUT2D eigenvalue weighted by molar-refractivity contribution is -0.143. The number of carbonyl (C=O) groups is 1. The van der Waals surface area contributed by atoms with Crippen LogP contribution in [0.2, 0.25) is 0 Å². The van der Waals surface area contributed by atoms with Gasteiger partial charge >= 0.3 is 5.97 Å². The summed E-state index contributed by atoms with van der Waals surface area (Å²) in [7, 11) is 1.44. The van der Waals surface area contributed by atoms with Gasteiger partial charge < -0.3 is 10.1 Å². The van der Waals surface area contributed by atoms with Gasteiger partial charge in [0, 0.05) is 6.04 Å². The predicted octanol–water partition coefficient (Wildman–Crippen LogP) is 1.96. The van der Waals surface area contributed by atoms with Gasteiger partial charge in [-0.25, -0.2) is 0 Å². The summed E-state index contributed by atoms with van der Waals surface area (Å²) in [6.07, 6.45) is 1.85. The van der Waals surface area contributed by atoms with Crippen molar-refractivity contribution in [3.63, 3.8) is 0 Å². The van der Waals surface area contributed by atoms with E-state index >= 15 is 0 Å². The first-order valence-corrected chi connectivity index (χ1v) is 5.35. The maximum absolute atomic E-state index is 11.4. The summed E-state index contributed by atoms with van der Waals surface area (Å²) >= 11 is 0. The molecule has 0 rings (SSSR count). The van der Waals surface area contributed by atoms with Crippen molar-refractivity contribution in [3.8, 4) is 0 Å². The summed E-state index contributed by atoms with van der Waals surface area (Å²) in [6.45, 7) is 8.39. The van der Waals surface area contributed by atoms with Crippen molar-refractivity contribution >= 4 is 5.97 Å². The van der Waals surface area contributed by atoms with E-state index in [0.29, 0.717) is 12.0 Å². The highest BCUT2D eigenvalue weighted by Gasteiger charge is 2.21. The van der Waals surface area contributed by atoms with E-state index in [1.807, 2.05) is 0 Å². The van der Waals surface area contributed by atoms with Crippen LogP contribution in [0.5, 0.6) is 0 Å². The molecule has 14 heavy (non-hydrogen) atoms. The Morgan fingerprint density at radius 2 is 1.93 bits per heavy atom. The number of esters is 1. The number of nitrogens with one attached hydrogen (secondary N) is 1. The molecule has 0 aromatic carbocycles. The van der Waals surface area contributed by atoms with Crippen molar-refractivity contribution in [2.24, 2.45) is 5.92 Å². The van der Waals surface area contributed by atoms with Crippen LogP contribution in [0.15, 0.2) is 0 Å². The smallest absolute Gasteiger partial charge is 0.322 e. The Morgan fingerprint density at radius 3 is 2.29 bits per heavy atom. The highest BCUT2D eigenvalue weighted by atomic mass is 16.5. The van der Waals surface area contributed by atoms with Crippen molar-refractivity contribution in [2.75, 3.05) is 7.11 Å². The Balaban J connectivity index is 4.17. The van der Waals surface area contributed by atoms with Gasteiger partial charge in [0.05, 0.1) is 7.11 Å². The van der Waals surface area contributed by atoms with Crippen LogP contribution in [0.4, 0.5) is 0 Å².